The van der Waals surface area contributed by atoms with Crippen LogP contribution in [0.4, 0.5) is 0 Å². The molecule has 1 amide bonds. The molecular formula is C25H26N4O2. The van der Waals surface area contributed by atoms with Crippen LogP contribution in [0.25, 0.3) is 0 Å². The number of pyridine rings is 1. The normalized spacial score (nSPS) is 25.1. The zero-order valence-corrected chi connectivity index (χ0v) is 17.4. The Labute approximate surface area is 181 Å². The number of phenolic OH excluding ortho intramolecular Hbond substituents is 1. The SMILES string of the molecule is CCc1ccc(C2C3C(NNC3c3ccccc3O)C(=O)N2Cc2ccncc2)cc1. The van der Waals surface area contributed by atoms with Crippen molar-refractivity contribution in [3.8, 4) is 5.75 Å². The summed E-state index contributed by atoms with van der Waals surface area (Å²) in [7, 11) is 0. The fourth-order valence-corrected chi connectivity index (χ4v) is 4.93. The lowest BCUT2D eigenvalue weighted by Gasteiger charge is -2.31. The van der Waals surface area contributed by atoms with Gasteiger partial charge in [0.15, 0.2) is 0 Å². The summed E-state index contributed by atoms with van der Waals surface area (Å²) in [6.07, 6.45) is 4.49. The molecule has 3 heterocycles. The van der Waals surface area contributed by atoms with Gasteiger partial charge < -0.3 is 10.0 Å². The van der Waals surface area contributed by atoms with Gasteiger partial charge in [-0.1, -0.05) is 49.4 Å². The molecule has 1 aromatic heterocycles. The van der Waals surface area contributed by atoms with Gasteiger partial charge in [-0.2, -0.15) is 0 Å². The van der Waals surface area contributed by atoms with Crippen molar-refractivity contribution in [3.05, 3.63) is 95.3 Å². The predicted octanol–water partition coefficient (Wildman–Crippen LogP) is 3.27. The molecule has 4 unspecified atom stereocenters. The highest BCUT2D eigenvalue weighted by molar-refractivity contribution is 5.86. The number of hydrogen-bond acceptors (Lipinski definition) is 5. The number of carbonyl (C=O) groups excluding carboxylic acids is 1. The van der Waals surface area contributed by atoms with Crippen molar-refractivity contribution in [1.82, 2.24) is 20.7 Å². The zero-order chi connectivity index (χ0) is 21.4. The average molecular weight is 415 g/mol. The van der Waals surface area contributed by atoms with E-state index in [1.54, 1.807) is 18.5 Å². The second kappa shape index (κ2) is 8.13. The number of amides is 1. The maximum atomic E-state index is 13.5. The van der Waals surface area contributed by atoms with Gasteiger partial charge in [0.1, 0.15) is 11.8 Å². The highest BCUT2D eigenvalue weighted by Gasteiger charge is 2.55. The Balaban J connectivity index is 1.57. The molecule has 4 atom stereocenters. The molecule has 6 nitrogen and oxygen atoms in total. The summed E-state index contributed by atoms with van der Waals surface area (Å²) in [6, 6.07) is 19.1. The maximum Gasteiger partial charge on any atom is 0.242 e. The number of aryl methyl sites for hydroxylation is 1. The lowest BCUT2D eigenvalue weighted by atomic mass is 9.83. The van der Waals surface area contributed by atoms with Gasteiger partial charge in [-0.15, -0.1) is 0 Å². The Morgan fingerprint density at radius 3 is 2.35 bits per heavy atom. The van der Waals surface area contributed by atoms with Crippen LogP contribution in [-0.2, 0) is 17.8 Å². The van der Waals surface area contributed by atoms with E-state index in [9.17, 15) is 9.90 Å². The molecular weight excluding hydrogens is 388 g/mol. The van der Waals surface area contributed by atoms with E-state index >= 15 is 0 Å². The number of para-hydroxylation sites is 1. The van der Waals surface area contributed by atoms with Crippen LogP contribution in [-0.4, -0.2) is 26.9 Å². The van der Waals surface area contributed by atoms with Crippen molar-refractivity contribution in [2.24, 2.45) is 5.92 Å². The smallest absolute Gasteiger partial charge is 0.242 e. The first-order valence-electron chi connectivity index (χ1n) is 10.7. The van der Waals surface area contributed by atoms with Gasteiger partial charge >= 0.3 is 0 Å². The molecule has 2 saturated heterocycles. The summed E-state index contributed by atoms with van der Waals surface area (Å²) < 4.78 is 0. The molecule has 0 spiro atoms. The molecule has 2 aliphatic heterocycles. The first kappa shape index (κ1) is 19.7. The Morgan fingerprint density at radius 2 is 1.65 bits per heavy atom. The molecule has 0 bridgehead atoms. The molecule has 31 heavy (non-hydrogen) atoms. The minimum absolute atomic E-state index is 0.0601. The summed E-state index contributed by atoms with van der Waals surface area (Å²) >= 11 is 0. The number of aromatic nitrogens is 1. The predicted molar refractivity (Wildman–Crippen MR) is 118 cm³/mol. The highest BCUT2D eigenvalue weighted by Crippen LogP contribution is 2.48. The van der Waals surface area contributed by atoms with Crippen LogP contribution in [0.5, 0.6) is 5.75 Å². The quantitative estimate of drug-likeness (QED) is 0.597. The van der Waals surface area contributed by atoms with Crippen molar-refractivity contribution in [3.63, 3.8) is 0 Å². The lowest BCUT2D eigenvalue weighted by molar-refractivity contribution is -0.131. The number of nitrogens with zero attached hydrogens (tertiary/aromatic N) is 2. The molecule has 158 valence electrons. The number of benzene rings is 2. The van der Waals surface area contributed by atoms with E-state index in [1.165, 1.54) is 5.56 Å². The third-order valence-electron chi connectivity index (χ3n) is 6.52. The number of hydrazine groups is 1. The molecule has 2 aromatic carbocycles. The summed E-state index contributed by atoms with van der Waals surface area (Å²) in [5, 5.41) is 10.5. The Hall–Kier alpha value is -3.22. The van der Waals surface area contributed by atoms with Crippen molar-refractivity contribution < 1.29 is 9.90 Å². The highest BCUT2D eigenvalue weighted by atomic mass is 16.3. The first-order valence-corrected chi connectivity index (χ1v) is 10.7. The monoisotopic (exact) mass is 414 g/mol. The Morgan fingerprint density at radius 1 is 0.935 bits per heavy atom. The third kappa shape index (κ3) is 3.48. The molecule has 3 aromatic rings. The van der Waals surface area contributed by atoms with E-state index in [0.717, 1.165) is 23.1 Å². The van der Waals surface area contributed by atoms with Crippen LogP contribution in [0, 0.1) is 5.92 Å². The van der Waals surface area contributed by atoms with Gasteiger partial charge in [0.05, 0.1) is 12.1 Å². The number of carbonyl (C=O) groups is 1. The van der Waals surface area contributed by atoms with Crippen molar-refractivity contribution >= 4 is 5.91 Å². The van der Waals surface area contributed by atoms with Gasteiger partial charge in [-0.05, 0) is 41.3 Å². The molecule has 2 aliphatic rings. The third-order valence-corrected chi connectivity index (χ3v) is 6.52. The van der Waals surface area contributed by atoms with Crippen LogP contribution in [0.2, 0.25) is 0 Å². The Kier molecular flexibility index (Phi) is 5.18. The number of nitrogens with one attached hydrogen (secondary N) is 2. The number of aromatic hydroxyl groups is 1. The molecule has 0 saturated carbocycles. The molecule has 0 radical (unpaired) electrons. The van der Waals surface area contributed by atoms with Gasteiger partial charge in [-0.3, -0.25) is 9.78 Å². The number of rotatable bonds is 5. The summed E-state index contributed by atoms with van der Waals surface area (Å²) in [5.41, 5.74) is 10.7. The number of phenols is 1. The molecule has 3 N–H and O–H groups in total. The van der Waals surface area contributed by atoms with Gasteiger partial charge in [0.25, 0.3) is 0 Å². The zero-order valence-electron chi connectivity index (χ0n) is 17.4. The van der Waals surface area contributed by atoms with E-state index in [1.807, 2.05) is 35.2 Å². The average Bonchev–Trinajstić information content (AvgIpc) is 3.34. The molecule has 2 fully saturated rings. The lowest BCUT2D eigenvalue weighted by Crippen LogP contribution is -2.41. The minimum Gasteiger partial charge on any atom is -0.508 e. The second-order valence-electron chi connectivity index (χ2n) is 8.24. The summed E-state index contributed by atoms with van der Waals surface area (Å²) in [6.45, 7) is 2.66. The first-order chi connectivity index (χ1) is 15.2. The minimum atomic E-state index is -0.359. The Bertz CT molecular complexity index is 1070. The van der Waals surface area contributed by atoms with Gasteiger partial charge in [-0.25, -0.2) is 10.9 Å². The van der Waals surface area contributed by atoms with E-state index in [4.69, 9.17) is 0 Å². The van der Waals surface area contributed by atoms with E-state index in [0.29, 0.717) is 6.54 Å². The number of hydrogen-bond donors (Lipinski definition) is 3. The molecule has 6 heteroatoms. The number of fused-ring (bicyclic) bond motifs is 1. The van der Waals surface area contributed by atoms with Gasteiger partial charge in [0, 0.05) is 30.4 Å². The fraction of sp³-hybridized carbons (Fsp3) is 0.280. The van der Waals surface area contributed by atoms with E-state index < -0.39 is 0 Å². The summed E-state index contributed by atoms with van der Waals surface area (Å²) in [5.74, 6) is 0.245. The molecule has 5 rings (SSSR count). The van der Waals surface area contributed by atoms with Crippen molar-refractivity contribution in [2.75, 3.05) is 0 Å². The second-order valence-corrected chi connectivity index (χ2v) is 8.24. The maximum absolute atomic E-state index is 13.5. The van der Waals surface area contributed by atoms with Crippen LogP contribution >= 0.6 is 0 Å². The van der Waals surface area contributed by atoms with E-state index in [-0.39, 0.29) is 35.7 Å². The summed E-state index contributed by atoms with van der Waals surface area (Å²) in [4.78, 5) is 19.6. The topological polar surface area (TPSA) is 77.5 Å². The fourth-order valence-electron chi connectivity index (χ4n) is 4.93. The van der Waals surface area contributed by atoms with Crippen LogP contribution in [0.1, 0.15) is 41.3 Å². The number of likely N-dealkylation sites (tertiary alicyclic amines) is 1. The molecule has 0 aliphatic carbocycles. The van der Waals surface area contributed by atoms with Crippen LogP contribution in [0.15, 0.2) is 73.1 Å². The van der Waals surface area contributed by atoms with Crippen LogP contribution < -0.4 is 10.9 Å². The van der Waals surface area contributed by atoms with Crippen molar-refractivity contribution in [1.29, 1.82) is 0 Å². The van der Waals surface area contributed by atoms with Crippen LogP contribution in [0.3, 0.4) is 0 Å². The largest absolute Gasteiger partial charge is 0.508 e. The van der Waals surface area contributed by atoms with E-state index in [2.05, 4.69) is 47.0 Å². The van der Waals surface area contributed by atoms with Crippen molar-refractivity contribution in [2.45, 2.75) is 38.0 Å². The van der Waals surface area contributed by atoms with Gasteiger partial charge in [0.2, 0.25) is 5.91 Å². The standard InChI is InChI=1S/C25H26N4O2/c1-2-16-7-9-18(10-8-16)24-21-22(19-5-3-4-6-20(19)30)27-28-23(21)25(31)29(24)15-17-11-13-26-14-12-17/h3-14,21-24,27-28,30H,2,15H2,1H3.